The quantitative estimate of drug-likeness (QED) is 0.815. The average Bonchev–Trinajstić information content (AvgIpc) is 3.19. The number of hydrogen-bond donors (Lipinski definition) is 0. The van der Waals surface area contributed by atoms with Crippen molar-refractivity contribution in [2.24, 2.45) is 5.41 Å². The van der Waals surface area contributed by atoms with Crippen LogP contribution in [0.15, 0.2) is 41.4 Å². The number of hydrogen-bond acceptors (Lipinski definition) is 4. The second-order valence-electron chi connectivity index (χ2n) is 7.83. The van der Waals surface area contributed by atoms with Crippen molar-refractivity contribution in [3.05, 3.63) is 52.5 Å². The van der Waals surface area contributed by atoms with E-state index in [4.69, 9.17) is 0 Å². The molecule has 0 aliphatic carbocycles. The Kier molecular flexibility index (Phi) is 5.25. The zero-order valence-corrected chi connectivity index (χ0v) is 16.3. The lowest BCUT2D eigenvalue weighted by Crippen LogP contribution is -2.55. The molecule has 0 aromatic carbocycles. The second-order valence-corrected chi connectivity index (χ2v) is 8.61. The van der Waals surface area contributed by atoms with Crippen LogP contribution < -0.4 is 0 Å². The topological polar surface area (TPSA) is 53.5 Å². The van der Waals surface area contributed by atoms with Gasteiger partial charge in [0.25, 0.3) is 0 Å². The monoisotopic (exact) mass is 383 g/mol. The molecule has 2 fully saturated rings. The summed E-state index contributed by atoms with van der Waals surface area (Å²) in [4.78, 5) is 33.3. The summed E-state index contributed by atoms with van der Waals surface area (Å²) in [7, 11) is 0. The van der Waals surface area contributed by atoms with Gasteiger partial charge in [0.1, 0.15) is 0 Å². The molecule has 2 aromatic rings. The van der Waals surface area contributed by atoms with E-state index in [1.807, 2.05) is 38.8 Å². The molecule has 2 amide bonds. The van der Waals surface area contributed by atoms with Crippen molar-refractivity contribution in [2.75, 3.05) is 19.6 Å². The standard InChI is InChI=1S/C21H25N3O2S/c25-19-2-7-21(16-24(19)13-17-3-8-22-9-4-17)6-1-10-23(15-21)20(26)12-18-5-11-27-14-18/h3-5,8-9,11,14H,1-2,6-7,10,12-13,15-16H2/t21-/m0/s1. The van der Waals surface area contributed by atoms with Crippen LogP contribution in [-0.2, 0) is 22.6 Å². The molecule has 2 aromatic heterocycles. The first-order valence-corrected chi connectivity index (χ1v) is 10.5. The Bertz CT molecular complexity index is 793. The van der Waals surface area contributed by atoms with Crippen molar-refractivity contribution < 1.29 is 9.59 Å². The van der Waals surface area contributed by atoms with Crippen molar-refractivity contribution in [3.8, 4) is 0 Å². The molecule has 0 radical (unpaired) electrons. The molecule has 142 valence electrons. The highest BCUT2D eigenvalue weighted by molar-refractivity contribution is 7.08. The van der Waals surface area contributed by atoms with Crippen LogP contribution in [0.25, 0.3) is 0 Å². The number of pyridine rings is 1. The highest BCUT2D eigenvalue weighted by Gasteiger charge is 2.42. The smallest absolute Gasteiger partial charge is 0.227 e. The summed E-state index contributed by atoms with van der Waals surface area (Å²) in [6.07, 6.45) is 7.61. The minimum atomic E-state index is 0.0451. The Hall–Kier alpha value is -2.21. The van der Waals surface area contributed by atoms with Crippen molar-refractivity contribution in [1.29, 1.82) is 0 Å². The Balaban J connectivity index is 1.43. The molecule has 2 saturated heterocycles. The van der Waals surface area contributed by atoms with Crippen LogP contribution in [0.2, 0.25) is 0 Å². The highest BCUT2D eigenvalue weighted by atomic mass is 32.1. The number of amides is 2. The fourth-order valence-corrected chi connectivity index (χ4v) is 5.06. The van der Waals surface area contributed by atoms with Gasteiger partial charge in [-0.25, -0.2) is 0 Å². The first-order valence-electron chi connectivity index (χ1n) is 9.59. The number of rotatable bonds is 4. The van der Waals surface area contributed by atoms with Crippen molar-refractivity contribution in [3.63, 3.8) is 0 Å². The van der Waals surface area contributed by atoms with Gasteiger partial charge >= 0.3 is 0 Å². The molecule has 0 saturated carbocycles. The van der Waals surface area contributed by atoms with Crippen molar-refractivity contribution in [2.45, 2.75) is 38.6 Å². The highest BCUT2D eigenvalue weighted by Crippen LogP contribution is 2.39. The van der Waals surface area contributed by atoms with E-state index in [1.54, 1.807) is 23.7 Å². The molecule has 6 heteroatoms. The van der Waals surface area contributed by atoms with Gasteiger partial charge in [-0.2, -0.15) is 11.3 Å². The first kappa shape index (κ1) is 18.2. The Morgan fingerprint density at radius 1 is 1.15 bits per heavy atom. The van der Waals surface area contributed by atoms with Gasteiger partial charge in [0.15, 0.2) is 0 Å². The maximum atomic E-state index is 12.8. The minimum absolute atomic E-state index is 0.0451. The molecular weight excluding hydrogens is 358 g/mol. The second kappa shape index (κ2) is 7.80. The summed E-state index contributed by atoms with van der Waals surface area (Å²) < 4.78 is 0. The van der Waals surface area contributed by atoms with E-state index in [1.165, 1.54) is 0 Å². The lowest BCUT2D eigenvalue weighted by atomic mass is 9.73. The molecule has 1 atom stereocenters. The SMILES string of the molecule is O=C(Cc1ccsc1)N1CCC[C@]2(CCC(=O)N(Cc3ccncc3)C2)C1. The van der Waals surface area contributed by atoms with E-state index in [9.17, 15) is 9.59 Å². The van der Waals surface area contributed by atoms with E-state index in [0.717, 1.165) is 50.0 Å². The van der Waals surface area contributed by atoms with Gasteiger partial charge in [-0.3, -0.25) is 14.6 Å². The summed E-state index contributed by atoms with van der Waals surface area (Å²) in [5.74, 6) is 0.434. The zero-order valence-electron chi connectivity index (χ0n) is 15.5. The molecule has 1 spiro atoms. The number of carbonyl (C=O) groups excluding carboxylic acids is 2. The van der Waals surface area contributed by atoms with Crippen LogP contribution in [-0.4, -0.2) is 46.2 Å². The lowest BCUT2D eigenvalue weighted by Gasteiger charge is -2.48. The molecule has 27 heavy (non-hydrogen) atoms. The maximum absolute atomic E-state index is 12.8. The molecule has 4 heterocycles. The summed E-state index contributed by atoms with van der Waals surface area (Å²) in [6, 6.07) is 5.95. The molecule has 5 nitrogen and oxygen atoms in total. The third-order valence-corrected chi connectivity index (χ3v) is 6.55. The third kappa shape index (κ3) is 4.21. The molecule has 2 aliphatic heterocycles. The molecule has 2 aliphatic rings. The van der Waals surface area contributed by atoms with Gasteiger partial charge in [-0.1, -0.05) is 0 Å². The van der Waals surface area contributed by atoms with Crippen LogP contribution in [0.4, 0.5) is 0 Å². The van der Waals surface area contributed by atoms with Crippen LogP contribution >= 0.6 is 11.3 Å². The van der Waals surface area contributed by atoms with E-state index in [-0.39, 0.29) is 17.2 Å². The van der Waals surface area contributed by atoms with Crippen LogP contribution in [0.1, 0.15) is 36.8 Å². The summed E-state index contributed by atoms with van der Waals surface area (Å²) >= 11 is 1.63. The summed E-state index contributed by atoms with van der Waals surface area (Å²) in [5, 5.41) is 4.07. The predicted molar refractivity (Wildman–Crippen MR) is 105 cm³/mol. The molecule has 4 rings (SSSR count). The van der Waals surface area contributed by atoms with Gasteiger partial charge < -0.3 is 9.80 Å². The average molecular weight is 384 g/mol. The van der Waals surface area contributed by atoms with Gasteiger partial charge in [0.2, 0.25) is 11.8 Å². The van der Waals surface area contributed by atoms with E-state index < -0.39 is 0 Å². The van der Waals surface area contributed by atoms with E-state index >= 15 is 0 Å². The van der Waals surface area contributed by atoms with Crippen molar-refractivity contribution in [1.82, 2.24) is 14.8 Å². The Labute approximate surface area is 164 Å². The Morgan fingerprint density at radius 2 is 2.00 bits per heavy atom. The number of likely N-dealkylation sites (tertiary alicyclic amines) is 2. The van der Waals surface area contributed by atoms with Gasteiger partial charge in [-0.15, -0.1) is 0 Å². The number of carbonyl (C=O) groups is 2. The van der Waals surface area contributed by atoms with Gasteiger partial charge in [0.05, 0.1) is 6.42 Å². The maximum Gasteiger partial charge on any atom is 0.227 e. The molecule has 0 bridgehead atoms. The summed E-state index contributed by atoms with van der Waals surface area (Å²) in [6.45, 7) is 2.99. The third-order valence-electron chi connectivity index (χ3n) is 5.82. The Morgan fingerprint density at radius 3 is 2.78 bits per heavy atom. The molecular formula is C21H25N3O2S. The van der Waals surface area contributed by atoms with Crippen LogP contribution in [0.3, 0.4) is 0 Å². The van der Waals surface area contributed by atoms with E-state index in [2.05, 4.69) is 4.98 Å². The lowest BCUT2D eigenvalue weighted by molar-refractivity contribution is -0.143. The van der Waals surface area contributed by atoms with Crippen LogP contribution in [0.5, 0.6) is 0 Å². The van der Waals surface area contributed by atoms with Crippen LogP contribution in [0, 0.1) is 5.41 Å². The minimum Gasteiger partial charge on any atom is -0.342 e. The molecule has 0 N–H and O–H groups in total. The predicted octanol–water partition coefficient (Wildman–Crippen LogP) is 3.12. The number of nitrogens with zero attached hydrogens (tertiary/aromatic N) is 3. The molecule has 0 unspecified atom stereocenters. The fraction of sp³-hybridized carbons (Fsp3) is 0.476. The van der Waals surface area contributed by atoms with E-state index in [0.29, 0.717) is 19.4 Å². The fourth-order valence-electron chi connectivity index (χ4n) is 4.39. The first-order chi connectivity index (χ1) is 13.1. The van der Waals surface area contributed by atoms with Gasteiger partial charge in [0, 0.05) is 50.4 Å². The van der Waals surface area contributed by atoms with Crippen molar-refractivity contribution >= 4 is 23.2 Å². The number of thiophene rings is 1. The largest absolute Gasteiger partial charge is 0.342 e. The number of piperidine rings is 2. The van der Waals surface area contributed by atoms with Gasteiger partial charge in [-0.05, 0) is 59.3 Å². The normalized spacial score (nSPS) is 23.0. The summed E-state index contributed by atoms with van der Waals surface area (Å²) in [5.41, 5.74) is 2.25. The zero-order chi connectivity index (χ0) is 18.7. The number of aromatic nitrogens is 1.